The summed E-state index contributed by atoms with van der Waals surface area (Å²) in [7, 11) is -3.97. The predicted octanol–water partition coefficient (Wildman–Crippen LogP) is 4.80. The highest BCUT2D eigenvalue weighted by Crippen LogP contribution is 2.28. The summed E-state index contributed by atoms with van der Waals surface area (Å²) in [5, 5.41) is 9.99. The third kappa shape index (κ3) is 4.96. The lowest BCUT2D eigenvalue weighted by molar-refractivity contribution is 0.0526. The zero-order valence-electron chi connectivity index (χ0n) is 15.4. The van der Waals surface area contributed by atoms with E-state index in [4.69, 9.17) is 4.74 Å². The smallest absolute Gasteiger partial charge is 0.338 e. The third-order valence-corrected chi connectivity index (χ3v) is 6.00. The number of carbonyl (C=O) groups excluding carboxylic acids is 1. The minimum atomic E-state index is -3.97. The Bertz CT molecular complexity index is 1130. The summed E-state index contributed by atoms with van der Waals surface area (Å²) < 4.78 is 33.6. The number of hydrogen-bond donors (Lipinski definition) is 2. The highest BCUT2D eigenvalue weighted by Gasteiger charge is 2.18. The van der Waals surface area contributed by atoms with Gasteiger partial charge in [0, 0.05) is 4.47 Å². The molecular formula is C21H18BrNO5S. The van der Waals surface area contributed by atoms with Crippen molar-refractivity contribution in [3.63, 3.8) is 0 Å². The summed E-state index contributed by atoms with van der Waals surface area (Å²) in [5.74, 6) is -0.903. The summed E-state index contributed by atoms with van der Waals surface area (Å²) in [6.07, 6.45) is 0. The number of carbonyl (C=O) groups is 1. The lowest BCUT2D eigenvalue weighted by Crippen LogP contribution is -2.14. The maximum atomic E-state index is 12.7. The van der Waals surface area contributed by atoms with E-state index in [1.54, 1.807) is 19.1 Å². The molecule has 0 aliphatic carbocycles. The zero-order valence-corrected chi connectivity index (χ0v) is 17.8. The van der Waals surface area contributed by atoms with Crippen LogP contribution in [0.2, 0.25) is 0 Å². The van der Waals surface area contributed by atoms with Crippen molar-refractivity contribution in [3.05, 3.63) is 76.8 Å². The van der Waals surface area contributed by atoms with E-state index in [2.05, 4.69) is 20.7 Å². The van der Waals surface area contributed by atoms with Gasteiger partial charge in [0.2, 0.25) is 0 Å². The molecule has 0 aliphatic rings. The summed E-state index contributed by atoms with van der Waals surface area (Å²) in [6, 6.07) is 17.8. The van der Waals surface area contributed by atoms with Crippen LogP contribution in [-0.4, -0.2) is 26.1 Å². The first-order valence-corrected chi connectivity index (χ1v) is 11.0. The Balaban J connectivity index is 1.85. The second-order valence-electron chi connectivity index (χ2n) is 6.09. The van der Waals surface area contributed by atoms with Crippen molar-refractivity contribution in [2.75, 3.05) is 11.3 Å². The molecule has 0 aliphatic heterocycles. The normalized spacial score (nSPS) is 11.1. The highest BCUT2D eigenvalue weighted by molar-refractivity contribution is 9.10. The standard InChI is InChI=1S/C21H18BrNO5S/c1-2-28-21(25)16-7-12-20(24)19(13-16)23-29(26,27)18-10-5-15(6-11-18)14-3-8-17(22)9-4-14/h3-13,23-24H,2H2,1H3. The minimum absolute atomic E-state index is 0.0271. The van der Waals surface area contributed by atoms with E-state index < -0.39 is 16.0 Å². The van der Waals surface area contributed by atoms with Crippen LogP contribution in [0.1, 0.15) is 17.3 Å². The maximum absolute atomic E-state index is 12.7. The number of anilines is 1. The highest BCUT2D eigenvalue weighted by atomic mass is 79.9. The lowest BCUT2D eigenvalue weighted by atomic mass is 10.1. The number of halogens is 1. The van der Waals surface area contributed by atoms with Gasteiger partial charge in [0.15, 0.2) is 0 Å². The molecule has 2 N–H and O–H groups in total. The van der Waals surface area contributed by atoms with Gasteiger partial charge in [-0.2, -0.15) is 0 Å². The lowest BCUT2D eigenvalue weighted by Gasteiger charge is -2.12. The Hall–Kier alpha value is -2.84. The molecule has 8 heteroatoms. The van der Waals surface area contributed by atoms with Crippen molar-refractivity contribution in [1.29, 1.82) is 0 Å². The molecule has 0 amide bonds. The second kappa shape index (κ2) is 8.67. The molecule has 3 rings (SSSR count). The van der Waals surface area contributed by atoms with Crippen molar-refractivity contribution < 1.29 is 23.1 Å². The Morgan fingerprint density at radius 2 is 1.59 bits per heavy atom. The first-order valence-electron chi connectivity index (χ1n) is 8.69. The Labute approximate surface area is 177 Å². The van der Waals surface area contributed by atoms with E-state index >= 15 is 0 Å². The third-order valence-electron chi connectivity index (χ3n) is 4.09. The van der Waals surface area contributed by atoms with Crippen molar-refractivity contribution in [3.8, 4) is 16.9 Å². The summed E-state index contributed by atoms with van der Waals surface area (Å²) >= 11 is 3.38. The fourth-order valence-electron chi connectivity index (χ4n) is 2.63. The van der Waals surface area contributed by atoms with Gasteiger partial charge >= 0.3 is 5.97 Å². The van der Waals surface area contributed by atoms with Gasteiger partial charge in [-0.05, 0) is 60.5 Å². The molecule has 0 atom stereocenters. The summed E-state index contributed by atoms with van der Waals surface area (Å²) in [6.45, 7) is 1.85. The van der Waals surface area contributed by atoms with E-state index in [1.807, 2.05) is 24.3 Å². The Morgan fingerprint density at radius 3 is 2.17 bits per heavy atom. The van der Waals surface area contributed by atoms with Gasteiger partial charge in [-0.1, -0.05) is 40.2 Å². The van der Waals surface area contributed by atoms with Gasteiger partial charge in [0.05, 0.1) is 22.8 Å². The van der Waals surface area contributed by atoms with Crippen LogP contribution >= 0.6 is 15.9 Å². The molecule has 0 radical (unpaired) electrons. The van der Waals surface area contributed by atoms with Crippen molar-refractivity contribution in [1.82, 2.24) is 0 Å². The van der Waals surface area contributed by atoms with E-state index in [0.717, 1.165) is 15.6 Å². The summed E-state index contributed by atoms with van der Waals surface area (Å²) in [5.41, 5.74) is 1.84. The van der Waals surface area contributed by atoms with Gasteiger partial charge < -0.3 is 9.84 Å². The monoisotopic (exact) mass is 475 g/mol. The first-order chi connectivity index (χ1) is 13.8. The number of benzene rings is 3. The number of phenols is 1. The van der Waals surface area contributed by atoms with E-state index in [-0.39, 0.29) is 28.5 Å². The molecule has 0 fully saturated rings. The Kier molecular flexibility index (Phi) is 6.24. The van der Waals surface area contributed by atoms with Crippen LogP contribution in [0.4, 0.5) is 5.69 Å². The fourth-order valence-corrected chi connectivity index (χ4v) is 3.96. The molecule has 3 aromatic rings. The van der Waals surface area contributed by atoms with Crippen LogP contribution in [0.3, 0.4) is 0 Å². The number of sulfonamides is 1. The average Bonchev–Trinajstić information content (AvgIpc) is 2.70. The van der Waals surface area contributed by atoms with Crippen molar-refractivity contribution in [2.45, 2.75) is 11.8 Å². The van der Waals surface area contributed by atoms with Gasteiger partial charge in [-0.15, -0.1) is 0 Å². The molecule has 0 saturated carbocycles. The van der Waals surface area contributed by atoms with Crippen LogP contribution < -0.4 is 4.72 Å². The number of ether oxygens (including phenoxy) is 1. The minimum Gasteiger partial charge on any atom is -0.506 e. The van der Waals surface area contributed by atoms with Gasteiger partial charge in [0.1, 0.15) is 5.75 Å². The average molecular weight is 476 g/mol. The van der Waals surface area contributed by atoms with Crippen LogP contribution in [0.25, 0.3) is 11.1 Å². The second-order valence-corrected chi connectivity index (χ2v) is 8.69. The van der Waals surface area contributed by atoms with Crippen LogP contribution in [-0.2, 0) is 14.8 Å². The van der Waals surface area contributed by atoms with E-state index in [0.29, 0.717) is 0 Å². The molecule has 29 heavy (non-hydrogen) atoms. The number of esters is 1. The molecule has 0 heterocycles. The number of phenolic OH excluding ortho intramolecular Hbond substituents is 1. The molecule has 0 bridgehead atoms. The van der Waals surface area contributed by atoms with Crippen LogP contribution in [0.5, 0.6) is 5.75 Å². The number of hydrogen-bond acceptors (Lipinski definition) is 5. The number of nitrogens with one attached hydrogen (secondary N) is 1. The molecule has 0 unspecified atom stereocenters. The molecular weight excluding hydrogens is 458 g/mol. The SMILES string of the molecule is CCOC(=O)c1ccc(O)c(NS(=O)(=O)c2ccc(-c3ccc(Br)cc3)cc2)c1. The molecule has 0 spiro atoms. The fraction of sp³-hybridized carbons (Fsp3) is 0.0952. The molecule has 150 valence electrons. The summed E-state index contributed by atoms with van der Waals surface area (Å²) in [4.78, 5) is 11.9. The van der Waals surface area contributed by atoms with E-state index in [1.165, 1.54) is 30.3 Å². The zero-order chi connectivity index (χ0) is 21.0. The molecule has 0 saturated heterocycles. The van der Waals surface area contributed by atoms with Gasteiger partial charge in [-0.25, -0.2) is 13.2 Å². The van der Waals surface area contributed by atoms with Crippen molar-refractivity contribution >= 4 is 37.6 Å². The topological polar surface area (TPSA) is 92.7 Å². The van der Waals surface area contributed by atoms with Crippen molar-refractivity contribution in [2.24, 2.45) is 0 Å². The van der Waals surface area contributed by atoms with E-state index in [9.17, 15) is 18.3 Å². The predicted molar refractivity (Wildman–Crippen MR) is 114 cm³/mol. The van der Waals surface area contributed by atoms with Gasteiger partial charge in [-0.3, -0.25) is 4.72 Å². The molecule has 6 nitrogen and oxygen atoms in total. The quantitative estimate of drug-likeness (QED) is 0.394. The molecule has 3 aromatic carbocycles. The van der Waals surface area contributed by atoms with Crippen LogP contribution in [0, 0.1) is 0 Å². The maximum Gasteiger partial charge on any atom is 0.338 e. The number of aromatic hydroxyl groups is 1. The van der Waals surface area contributed by atoms with Gasteiger partial charge in [0.25, 0.3) is 10.0 Å². The first kappa shape index (κ1) is 20.9. The number of rotatable bonds is 6. The Morgan fingerprint density at radius 1 is 1.00 bits per heavy atom. The largest absolute Gasteiger partial charge is 0.506 e. The molecule has 0 aromatic heterocycles. The van der Waals surface area contributed by atoms with Crippen LogP contribution in [0.15, 0.2) is 76.1 Å².